The maximum atomic E-state index is 13.6. The van der Waals surface area contributed by atoms with Crippen molar-refractivity contribution < 1.29 is 14.3 Å². The van der Waals surface area contributed by atoms with Crippen molar-refractivity contribution in [2.75, 3.05) is 13.2 Å². The molecule has 1 aromatic carbocycles. The molecule has 1 aliphatic rings. The second-order valence-corrected chi connectivity index (χ2v) is 5.42. The van der Waals surface area contributed by atoms with Gasteiger partial charge in [0.05, 0.1) is 17.7 Å². The Balaban J connectivity index is 2.14. The van der Waals surface area contributed by atoms with Gasteiger partial charge in [0.15, 0.2) is 0 Å². The third-order valence-electron chi connectivity index (χ3n) is 3.74. The maximum absolute atomic E-state index is 13.6. The molecule has 1 aromatic rings. The molecule has 2 rings (SSSR count). The van der Waals surface area contributed by atoms with E-state index in [1.165, 1.54) is 24.3 Å². The van der Waals surface area contributed by atoms with E-state index in [1.54, 1.807) is 11.0 Å². The number of aliphatic hydroxyl groups excluding tert-OH is 1. The van der Waals surface area contributed by atoms with Gasteiger partial charge in [0.1, 0.15) is 5.82 Å². The smallest absolute Gasteiger partial charge is 0.246 e. The van der Waals surface area contributed by atoms with E-state index in [1.807, 2.05) is 6.92 Å². The fourth-order valence-electron chi connectivity index (χ4n) is 2.48. The van der Waals surface area contributed by atoms with E-state index in [-0.39, 0.29) is 35.1 Å². The number of carbonyl (C=O) groups excluding carboxylic acids is 1. The summed E-state index contributed by atoms with van der Waals surface area (Å²) in [6, 6.07) is 4.22. The third kappa shape index (κ3) is 3.02. The summed E-state index contributed by atoms with van der Waals surface area (Å²) in [4.78, 5) is 13.7. The number of nitrogens with zero attached hydrogens (tertiary/aromatic N) is 1. The van der Waals surface area contributed by atoms with Gasteiger partial charge in [-0.05, 0) is 30.5 Å². The molecule has 2 atom stereocenters. The number of amides is 1. The van der Waals surface area contributed by atoms with E-state index >= 15 is 0 Å². The van der Waals surface area contributed by atoms with Crippen LogP contribution < -0.4 is 0 Å². The minimum Gasteiger partial charge on any atom is -0.394 e. The van der Waals surface area contributed by atoms with Crippen LogP contribution >= 0.6 is 11.6 Å². The van der Waals surface area contributed by atoms with Crippen LogP contribution in [0.1, 0.15) is 18.9 Å². The van der Waals surface area contributed by atoms with Crippen LogP contribution in [0, 0.1) is 11.7 Å². The van der Waals surface area contributed by atoms with E-state index < -0.39 is 5.82 Å². The molecule has 0 radical (unpaired) electrons. The van der Waals surface area contributed by atoms with E-state index in [0.717, 1.165) is 6.42 Å². The monoisotopic (exact) mass is 297 g/mol. The highest BCUT2D eigenvalue weighted by Gasteiger charge is 2.32. The Labute approximate surface area is 122 Å². The minimum atomic E-state index is -0.463. The SMILES string of the molecule is CC1CCN(C(=O)/C=C/c2c(F)cccc2Cl)C1CO. The largest absolute Gasteiger partial charge is 0.394 e. The Bertz CT molecular complexity index is 512. The van der Waals surface area contributed by atoms with Crippen molar-refractivity contribution in [3.8, 4) is 0 Å². The zero-order valence-corrected chi connectivity index (χ0v) is 12.0. The van der Waals surface area contributed by atoms with Crippen molar-refractivity contribution in [2.24, 2.45) is 5.92 Å². The number of benzene rings is 1. The van der Waals surface area contributed by atoms with E-state index in [0.29, 0.717) is 6.54 Å². The lowest BCUT2D eigenvalue weighted by Crippen LogP contribution is -2.38. The van der Waals surface area contributed by atoms with Gasteiger partial charge in [-0.2, -0.15) is 0 Å². The number of hydrogen-bond donors (Lipinski definition) is 1. The molecule has 20 heavy (non-hydrogen) atoms. The van der Waals surface area contributed by atoms with Gasteiger partial charge in [-0.1, -0.05) is 24.6 Å². The second kappa shape index (κ2) is 6.37. The van der Waals surface area contributed by atoms with E-state index in [2.05, 4.69) is 0 Å². The topological polar surface area (TPSA) is 40.5 Å². The molecule has 1 heterocycles. The molecule has 108 valence electrons. The summed E-state index contributed by atoms with van der Waals surface area (Å²) in [6.07, 6.45) is 3.56. The summed E-state index contributed by atoms with van der Waals surface area (Å²) in [7, 11) is 0. The number of likely N-dealkylation sites (tertiary alicyclic amines) is 1. The van der Waals surface area contributed by atoms with E-state index in [4.69, 9.17) is 11.6 Å². The molecule has 1 fully saturated rings. The van der Waals surface area contributed by atoms with Crippen molar-refractivity contribution in [1.29, 1.82) is 0 Å². The second-order valence-electron chi connectivity index (χ2n) is 5.02. The fourth-order valence-corrected chi connectivity index (χ4v) is 2.71. The predicted molar refractivity (Wildman–Crippen MR) is 76.8 cm³/mol. The minimum absolute atomic E-state index is 0.0544. The predicted octanol–water partition coefficient (Wildman–Crippen LogP) is 2.72. The van der Waals surface area contributed by atoms with Crippen molar-refractivity contribution in [3.05, 3.63) is 40.7 Å². The quantitative estimate of drug-likeness (QED) is 0.872. The molecule has 0 bridgehead atoms. The Morgan fingerprint density at radius 3 is 3.00 bits per heavy atom. The lowest BCUT2D eigenvalue weighted by molar-refractivity contribution is -0.127. The molecule has 3 nitrogen and oxygen atoms in total. The molecule has 0 aromatic heterocycles. The standard InChI is InChI=1S/C15H17ClFNO2/c1-10-7-8-18(14(10)9-19)15(20)6-5-11-12(16)3-2-4-13(11)17/h2-6,10,14,19H,7-9H2,1H3/b6-5+. The van der Waals surface area contributed by atoms with Gasteiger partial charge in [0, 0.05) is 18.2 Å². The van der Waals surface area contributed by atoms with Crippen LogP contribution in [0.2, 0.25) is 5.02 Å². The summed E-state index contributed by atoms with van der Waals surface area (Å²) >= 11 is 5.90. The number of rotatable bonds is 3. The molecule has 5 heteroatoms. The van der Waals surface area contributed by atoms with Crippen LogP contribution in [0.25, 0.3) is 6.08 Å². The molecule has 1 N–H and O–H groups in total. The Morgan fingerprint density at radius 2 is 2.35 bits per heavy atom. The molecule has 1 saturated heterocycles. The first kappa shape index (κ1) is 15.0. The molecule has 0 aliphatic carbocycles. The van der Waals surface area contributed by atoms with Crippen molar-refractivity contribution >= 4 is 23.6 Å². The van der Waals surface area contributed by atoms with Crippen molar-refractivity contribution in [3.63, 3.8) is 0 Å². The van der Waals surface area contributed by atoms with Gasteiger partial charge in [0.2, 0.25) is 5.91 Å². The molecular weight excluding hydrogens is 281 g/mol. The zero-order chi connectivity index (χ0) is 14.7. The van der Waals surface area contributed by atoms with Gasteiger partial charge in [-0.25, -0.2) is 4.39 Å². The van der Waals surface area contributed by atoms with Crippen LogP contribution in [0.4, 0.5) is 4.39 Å². The van der Waals surface area contributed by atoms with E-state index in [9.17, 15) is 14.3 Å². The molecule has 1 aliphatic heterocycles. The van der Waals surface area contributed by atoms with Gasteiger partial charge in [-0.3, -0.25) is 4.79 Å². The average molecular weight is 298 g/mol. The Kier molecular flexibility index (Phi) is 4.78. The van der Waals surface area contributed by atoms with Gasteiger partial charge in [0.25, 0.3) is 0 Å². The van der Waals surface area contributed by atoms with Crippen LogP contribution in [-0.2, 0) is 4.79 Å². The normalized spacial score (nSPS) is 22.7. The van der Waals surface area contributed by atoms with Crippen LogP contribution in [0.5, 0.6) is 0 Å². The van der Waals surface area contributed by atoms with Crippen LogP contribution in [-0.4, -0.2) is 35.1 Å². The maximum Gasteiger partial charge on any atom is 0.246 e. The summed E-state index contributed by atoms with van der Waals surface area (Å²) in [5, 5.41) is 9.60. The number of carbonyl (C=O) groups is 1. The first-order valence-corrected chi connectivity index (χ1v) is 6.96. The lowest BCUT2D eigenvalue weighted by atomic mass is 10.0. The van der Waals surface area contributed by atoms with Crippen LogP contribution in [0.15, 0.2) is 24.3 Å². The first-order valence-electron chi connectivity index (χ1n) is 6.58. The highest BCUT2D eigenvalue weighted by molar-refractivity contribution is 6.32. The number of hydrogen-bond acceptors (Lipinski definition) is 2. The fraction of sp³-hybridized carbons (Fsp3) is 0.400. The van der Waals surface area contributed by atoms with Crippen molar-refractivity contribution in [1.82, 2.24) is 4.90 Å². The molecule has 1 amide bonds. The highest BCUT2D eigenvalue weighted by Crippen LogP contribution is 2.25. The number of aliphatic hydroxyl groups is 1. The molecule has 2 unspecified atom stereocenters. The summed E-state index contributed by atoms with van der Waals surface area (Å²) < 4.78 is 13.6. The number of halogens is 2. The van der Waals surface area contributed by atoms with Gasteiger partial charge < -0.3 is 10.0 Å². The first-order chi connectivity index (χ1) is 9.54. The molecular formula is C15H17ClFNO2. The summed E-state index contributed by atoms with van der Waals surface area (Å²) in [6.45, 7) is 2.56. The third-order valence-corrected chi connectivity index (χ3v) is 4.07. The average Bonchev–Trinajstić information content (AvgIpc) is 2.79. The zero-order valence-electron chi connectivity index (χ0n) is 11.2. The molecule has 0 spiro atoms. The van der Waals surface area contributed by atoms with Crippen LogP contribution in [0.3, 0.4) is 0 Å². The summed E-state index contributed by atoms with van der Waals surface area (Å²) in [5.74, 6) is -0.419. The molecule has 0 saturated carbocycles. The summed E-state index contributed by atoms with van der Waals surface area (Å²) in [5.41, 5.74) is 0.204. The van der Waals surface area contributed by atoms with Crippen molar-refractivity contribution in [2.45, 2.75) is 19.4 Å². The van der Waals surface area contributed by atoms with Gasteiger partial charge >= 0.3 is 0 Å². The lowest BCUT2D eigenvalue weighted by Gasteiger charge is -2.23. The Hall–Kier alpha value is -1.39. The highest BCUT2D eigenvalue weighted by atomic mass is 35.5. The Morgan fingerprint density at radius 1 is 1.60 bits per heavy atom. The van der Waals surface area contributed by atoms with Gasteiger partial charge in [-0.15, -0.1) is 0 Å².